The van der Waals surface area contributed by atoms with E-state index in [4.69, 9.17) is 25.8 Å². The first-order valence-corrected chi connectivity index (χ1v) is 9.80. The SMILES string of the molecule is COc1cccc(N2CCN(Cc3cc(Cl)c4c(c3)OCCCO4)CC2)c1. The molecule has 0 bridgehead atoms. The third-order valence-corrected chi connectivity index (χ3v) is 5.34. The highest BCUT2D eigenvalue weighted by atomic mass is 35.5. The zero-order valence-corrected chi connectivity index (χ0v) is 16.4. The van der Waals surface area contributed by atoms with Crippen LogP contribution in [0.25, 0.3) is 0 Å². The Kier molecular flexibility index (Phi) is 5.60. The van der Waals surface area contributed by atoms with E-state index in [-0.39, 0.29) is 0 Å². The summed E-state index contributed by atoms with van der Waals surface area (Å²) in [5.41, 5.74) is 2.38. The van der Waals surface area contributed by atoms with E-state index in [1.165, 1.54) is 11.3 Å². The monoisotopic (exact) mass is 388 g/mol. The summed E-state index contributed by atoms with van der Waals surface area (Å²) in [5, 5.41) is 0.638. The molecule has 0 unspecified atom stereocenters. The minimum Gasteiger partial charge on any atom is -0.497 e. The fourth-order valence-corrected chi connectivity index (χ4v) is 3.89. The van der Waals surface area contributed by atoms with E-state index < -0.39 is 0 Å². The van der Waals surface area contributed by atoms with Gasteiger partial charge in [-0.25, -0.2) is 0 Å². The lowest BCUT2D eigenvalue weighted by Crippen LogP contribution is -2.45. The maximum absolute atomic E-state index is 6.43. The second kappa shape index (κ2) is 8.28. The fourth-order valence-electron chi connectivity index (χ4n) is 3.61. The molecule has 2 heterocycles. The molecule has 144 valence electrons. The Balaban J connectivity index is 1.39. The van der Waals surface area contributed by atoms with E-state index in [0.29, 0.717) is 24.0 Å². The second-order valence-corrected chi connectivity index (χ2v) is 7.33. The molecule has 2 aromatic rings. The van der Waals surface area contributed by atoms with Crippen molar-refractivity contribution in [1.29, 1.82) is 0 Å². The molecule has 0 atom stereocenters. The Bertz CT molecular complexity index is 791. The van der Waals surface area contributed by atoms with Crippen molar-refractivity contribution in [3.05, 3.63) is 47.0 Å². The zero-order chi connectivity index (χ0) is 18.6. The number of piperazine rings is 1. The van der Waals surface area contributed by atoms with Crippen LogP contribution < -0.4 is 19.1 Å². The van der Waals surface area contributed by atoms with Gasteiger partial charge in [0, 0.05) is 50.9 Å². The Labute approximate surface area is 165 Å². The number of halogens is 1. The van der Waals surface area contributed by atoms with Crippen LogP contribution in [0.3, 0.4) is 0 Å². The van der Waals surface area contributed by atoms with Crippen molar-refractivity contribution < 1.29 is 14.2 Å². The molecule has 0 aromatic heterocycles. The molecule has 0 N–H and O–H groups in total. The fraction of sp³-hybridized carbons (Fsp3) is 0.429. The smallest absolute Gasteiger partial charge is 0.179 e. The molecular weight excluding hydrogens is 364 g/mol. The molecule has 6 heteroatoms. The summed E-state index contributed by atoms with van der Waals surface area (Å²) >= 11 is 6.43. The summed E-state index contributed by atoms with van der Waals surface area (Å²) in [5.74, 6) is 2.35. The summed E-state index contributed by atoms with van der Waals surface area (Å²) in [6.45, 7) is 6.18. The molecule has 4 rings (SSSR count). The summed E-state index contributed by atoms with van der Waals surface area (Å²) in [6.07, 6.45) is 0.882. The summed E-state index contributed by atoms with van der Waals surface area (Å²) in [7, 11) is 1.71. The van der Waals surface area contributed by atoms with E-state index in [1.807, 2.05) is 18.2 Å². The van der Waals surface area contributed by atoms with Crippen LogP contribution in [0.2, 0.25) is 5.02 Å². The molecule has 5 nitrogen and oxygen atoms in total. The van der Waals surface area contributed by atoms with Crippen LogP contribution in [-0.2, 0) is 6.54 Å². The first-order chi connectivity index (χ1) is 13.2. The van der Waals surface area contributed by atoms with E-state index in [1.54, 1.807) is 7.11 Å². The van der Waals surface area contributed by atoms with E-state index >= 15 is 0 Å². The number of ether oxygens (including phenoxy) is 3. The van der Waals surface area contributed by atoms with Crippen molar-refractivity contribution >= 4 is 17.3 Å². The number of benzene rings is 2. The summed E-state index contributed by atoms with van der Waals surface area (Å²) < 4.78 is 16.9. The standard InChI is InChI=1S/C21H25ClN2O3/c1-25-18-5-2-4-17(14-18)24-8-6-23(7-9-24)15-16-12-19(22)21-20(13-16)26-10-3-11-27-21/h2,4-5,12-14H,3,6-11,15H2,1H3. The van der Waals surface area contributed by atoms with Gasteiger partial charge in [0.1, 0.15) is 5.75 Å². The van der Waals surface area contributed by atoms with Crippen molar-refractivity contribution in [2.24, 2.45) is 0 Å². The molecular formula is C21H25ClN2O3. The first kappa shape index (κ1) is 18.3. The van der Waals surface area contributed by atoms with Crippen LogP contribution in [0.5, 0.6) is 17.2 Å². The molecule has 0 saturated carbocycles. The quantitative estimate of drug-likeness (QED) is 0.795. The van der Waals surface area contributed by atoms with Gasteiger partial charge in [-0.15, -0.1) is 0 Å². The van der Waals surface area contributed by atoms with E-state index in [0.717, 1.165) is 50.6 Å². The van der Waals surface area contributed by atoms with Crippen LogP contribution in [0.4, 0.5) is 5.69 Å². The summed E-state index contributed by atoms with van der Waals surface area (Å²) in [4.78, 5) is 4.85. The Morgan fingerprint density at radius 3 is 2.67 bits per heavy atom. The highest BCUT2D eigenvalue weighted by Crippen LogP contribution is 2.38. The van der Waals surface area contributed by atoms with Crippen molar-refractivity contribution in [2.75, 3.05) is 51.4 Å². The molecule has 1 fully saturated rings. The van der Waals surface area contributed by atoms with Gasteiger partial charge < -0.3 is 19.1 Å². The van der Waals surface area contributed by atoms with Gasteiger partial charge in [0.2, 0.25) is 0 Å². The Hall–Kier alpha value is -2.11. The number of anilines is 1. The molecule has 2 aromatic carbocycles. The molecule has 0 radical (unpaired) electrons. The second-order valence-electron chi connectivity index (χ2n) is 6.92. The van der Waals surface area contributed by atoms with Crippen molar-refractivity contribution in [3.8, 4) is 17.2 Å². The average Bonchev–Trinajstić information content (AvgIpc) is 2.94. The number of nitrogens with zero attached hydrogens (tertiary/aromatic N) is 2. The molecule has 0 aliphatic carbocycles. The molecule has 2 aliphatic heterocycles. The van der Waals surface area contributed by atoms with Crippen LogP contribution in [0, 0.1) is 0 Å². The molecule has 0 amide bonds. The highest BCUT2D eigenvalue weighted by Gasteiger charge is 2.20. The predicted octanol–water partition coefficient (Wildman–Crippen LogP) is 3.83. The van der Waals surface area contributed by atoms with Gasteiger partial charge in [-0.2, -0.15) is 0 Å². The maximum Gasteiger partial charge on any atom is 0.179 e. The van der Waals surface area contributed by atoms with Gasteiger partial charge in [0.05, 0.1) is 25.3 Å². The maximum atomic E-state index is 6.43. The molecule has 2 aliphatic rings. The highest BCUT2D eigenvalue weighted by molar-refractivity contribution is 6.32. The van der Waals surface area contributed by atoms with Crippen molar-refractivity contribution in [2.45, 2.75) is 13.0 Å². The number of fused-ring (bicyclic) bond motifs is 1. The summed E-state index contributed by atoms with van der Waals surface area (Å²) in [6, 6.07) is 12.3. The lowest BCUT2D eigenvalue weighted by molar-refractivity contribution is 0.249. The van der Waals surface area contributed by atoms with Crippen LogP contribution in [-0.4, -0.2) is 51.4 Å². The predicted molar refractivity (Wildman–Crippen MR) is 108 cm³/mol. The lowest BCUT2D eigenvalue weighted by Gasteiger charge is -2.36. The number of hydrogen-bond donors (Lipinski definition) is 0. The van der Waals surface area contributed by atoms with E-state index in [9.17, 15) is 0 Å². The average molecular weight is 389 g/mol. The van der Waals surface area contributed by atoms with E-state index in [2.05, 4.69) is 28.0 Å². The first-order valence-electron chi connectivity index (χ1n) is 9.42. The molecule has 0 spiro atoms. The third-order valence-electron chi connectivity index (χ3n) is 5.06. The van der Waals surface area contributed by atoms with Crippen LogP contribution >= 0.6 is 11.6 Å². The van der Waals surface area contributed by atoms with Crippen LogP contribution in [0.1, 0.15) is 12.0 Å². The third kappa shape index (κ3) is 4.25. The topological polar surface area (TPSA) is 34.2 Å². The number of methoxy groups -OCH3 is 1. The van der Waals surface area contributed by atoms with Crippen LogP contribution in [0.15, 0.2) is 36.4 Å². The van der Waals surface area contributed by atoms with Gasteiger partial charge in [-0.3, -0.25) is 4.90 Å². The number of hydrogen-bond acceptors (Lipinski definition) is 5. The van der Waals surface area contributed by atoms with Gasteiger partial charge in [-0.1, -0.05) is 17.7 Å². The largest absolute Gasteiger partial charge is 0.497 e. The minimum absolute atomic E-state index is 0.638. The Morgan fingerprint density at radius 2 is 1.85 bits per heavy atom. The van der Waals surface area contributed by atoms with Gasteiger partial charge in [0.15, 0.2) is 11.5 Å². The zero-order valence-electron chi connectivity index (χ0n) is 15.6. The van der Waals surface area contributed by atoms with Crippen molar-refractivity contribution in [3.63, 3.8) is 0 Å². The lowest BCUT2D eigenvalue weighted by atomic mass is 10.1. The molecule has 27 heavy (non-hydrogen) atoms. The van der Waals surface area contributed by atoms with Crippen molar-refractivity contribution in [1.82, 2.24) is 4.90 Å². The van der Waals surface area contributed by atoms with Gasteiger partial charge in [-0.05, 0) is 29.8 Å². The molecule has 1 saturated heterocycles. The Morgan fingerprint density at radius 1 is 1.04 bits per heavy atom. The van der Waals surface area contributed by atoms with Gasteiger partial charge >= 0.3 is 0 Å². The normalized spacial score (nSPS) is 17.5. The van der Waals surface area contributed by atoms with Gasteiger partial charge in [0.25, 0.3) is 0 Å². The number of rotatable bonds is 4. The minimum atomic E-state index is 0.638.